The van der Waals surface area contributed by atoms with Crippen molar-refractivity contribution in [1.82, 2.24) is 5.32 Å². The number of hydrogen-bond donors (Lipinski definition) is 1. The molecule has 2 fully saturated rings. The van der Waals surface area contributed by atoms with E-state index in [1.807, 2.05) is 0 Å². The summed E-state index contributed by atoms with van der Waals surface area (Å²) in [4.78, 5) is 0. The number of thioether (sulfide) groups is 1. The van der Waals surface area contributed by atoms with E-state index in [4.69, 9.17) is 0 Å². The second-order valence-corrected chi connectivity index (χ2v) is 11.0. The fraction of sp³-hybridized carbons (Fsp3) is 0.958. The highest BCUT2D eigenvalue weighted by atomic mass is 32.2. The number of hydrogen-bond acceptors (Lipinski definition) is 2. The lowest BCUT2D eigenvalue weighted by molar-refractivity contribution is 0.0859. The Bertz CT molecular complexity index is 365. The molecule has 1 saturated heterocycles. The van der Waals surface area contributed by atoms with Crippen molar-refractivity contribution in [3.8, 4) is 0 Å². The molecular weight excluding hydrogens is 334 g/mol. The Balaban J connectivity index is 1.77. The lowest BCUT2D eigenvalue weighted by atomic mass is 9.62. The maximum atomic E-state index is 3.80. The highest BCUT2D eigenvalue weighted by Crippen LogP contribution is 2.61. The average molecular weight is 381 g/mol. The van der Waals surface area contributed by atoms with Gasteiger partial charge in [-0.1, -0.05) is 73.1 Å². The topological polar surface area (TPSA) is 12.0 Å². The van der Waals surface area contributed by atoms with Crippen molar-refractivity contribution in [2.45, 2.75) is 128 Å². The zero-order valence-corrected chi connectivity index (χ0v) is 19.1. The Morgan fingerprint density at radius 2 is 1.77 bits per heavy atom. The molecule has 2 rings (SSSR count). The summed E-state index contributed by atoms with van der Waals surface area (Å²) in [5.74, 6) is 3.08. The van der Waals surface area contributed by atoms with Crippen LogP contribution in [0.25, 0.3) is 0 Å². The lowest BCUT2D eigenvalue weighted by Crippen LogP contribution is -2.55. The van der Waals surface area contributed by atoms with Crippen LogP contribution >= 0.6 is 11.8 Å². The van der Waals surface area contributed by atoms with Gasteiger partial charge >= 0.3 is 0 Å². The molecule has 0 bridgehead atoms. The highest BCUT2D eigenvalue weighted by Gasteiger charge is 2.55. The fourth-order valence-electron chi connectivity index (χ4n) is 5.29. The van der Waals surface area contributed by atoms with E-state index in [0.29, 0.717) is 12.1 Å². The maximum absolute atomic E-state index is 3.80. The molecule has 0 aromatic carbocycles. The molecule has 1 heterocycles. The third-order valence-corrected chi connectivity index (χ3v) is 8.39. The molecule has 2 heteroatoms. The first-order chi connectivity index (χ1) is 12.6. The van der Waals surface area contributed by atoms with Gasteiger partial charge in [0, 0.05) is 28.5 Å². The lowest BCUT2D eigenvalue weighted by Gasteiger charge is -2.59. The molecule has 1 aliphatic heterocycles. The Kier molecular flexibility index (Phi) is 10.3. The summed E-state index contributed by atoms with van der Waals surface area (Å²) in [7, 11) is 0. The van der Waals surface area contributed by atoms with Crippen molar-refractivity contribution in [3.63, 3.8) is 0 Å². The van der Waals surface area contributed by atoms with Gasteiger partial charge in [-0.15, -0.1) is 0 Å². The Hall–Kier alpha value is 0.180. The van der Waals surface area contributed by atoms with E-state index in [0.717, 1.165) is 28.3 Å². The van der Waals surface area contributed by atoms with E-state index >= 15 is 0 Å². The van der Waals surface area contributed by atoms with Gasteiger partial charge in [0.15, 0.2) is 0 Å². The third kappa shape index (κ3) is 6.66. The summed E-state index contributed by atoms with van der Waals surface area (Å²) in [5, 5.41) is 5.78. The van der Waals surface area contributed by atoms with Crippen LogP contribution in [0, 0.1) is 24.2 Å². The van der Waals surface area contributed by atoms with Crippen LogP contribution in [0.15, 0.2) is 0 Å². The molecule has 0 aromatic heterocycles. The summed E-state index contributed by atoms with van der Waals surface area (Å²) >= 11 is 2.26. The molecule has 152 valence electrons. The van der Waals surface area contributed by atoms with Crippen molar-refractivity contribution in [2.24, 2.45) is 17.8 Å². The van der Waals surface area contributed by atoms with Gasteiger partial charge in [0.25, 0.3) is 0 Å². The first kappa shape index (κ1) is 22.5. The molecule has 1 nitrogen and oxygen atoms in total. The first-order valence-electron chi connectivity index (χ1n) is 11.8. The van der Waals surface area contributed by atoms with Gasteiger partial charge in [0.2, 0.25) is 0 Å². The molecule has 0 radical (unpaired) electrons. The largest absolute Gasteiger partial charge is 0.308 e. The van der Waals surface area contributed by atoms with Gasteiger partial charge in [0.1, 0.15) is 6.42 Å². The molecule has 6 unspecified atom stereocenters. The second kappa shape index (κ2) is 11.9. The Morgan fingerprint density at radius 1 is 1.00 bits per heavy atom. The number of fused-ring (bicyclic) bond motifs is 1. The molecule has 0 aromatic rings. The Morgan fingerprint density at radius 3 is 2.38 bits per heavy atom. The fourth-order valence-corrected chi connectivity index (χ4v) is 7.09. The zero-order valence-electron chi connectivity index (χ0n) is 18.3. The first-order valence-corrected chi connectivity index (χ1v) is 12.7. The van der Waals surface area contributed by atoms with Crippen molar-refractivity contribution >= 4 is 11.8 Å². The van der Waals surface area contributed by atoms with E-state index in [1.54, 1.807) is 0 Å². The predicted octanol–water partition coefficient (Wildman–Crippen LogP) is 7.25. The molecular formula is C24H46NS+. The number of unbranched alkanes of at least 4 members (excludes halogenated alkanes) is 4. The van der Waals surface area contributed by atoms with Crippen LogP contribution in [0.5, 0.6) is 0 Å². The standard InChI is InChI=1S/C24H46NS/c1-6-8-10-11-13-20(22-17-23-24(22)19(5)26-23)14-12-16-21(15-9-7-2)25-18(3)4/h12,18-25H,6-11,13-17H2,1-5H3/q+1. The molecule has 1 aliphatic carbocycles. The van der Waals surface area contributed by atoms with Gasteiger partial charge in [-0.3, -0.25) is 0 Å². The van der Waals surface area contributed by atoms with Gasteiger partial charge in [0.05, 0.1) is 12.8 Å². The van der Waals surface area contributed by atoms with E-state index in [1.165, 1.54) is 70.6 Å². The number of rotatable bonds is 15. The monoisotopic (exact) mass is 380 g/mol. The van der Waals surface area contributed by atoms with Gasteiger partial charge in [-0.25, -0.2) is 0 Å². The van der Waals surface area contributed by atoms with Gasteiger partial charge < -0.3 is 5.32 Å². The smallest absolute Gasteiger partial charge is 0.103 e. The minimum absolute atomic E-state index is 0.607. The normalized spacial score (nSPS) is 29.6. The highest BCUT2D eigenvalue weighted by molar-refractivity contribution is 8.02. The third-order valence-electron chi connectivity index (χ3n) is 6.79. The van der Waals surface area contributed by atoms with Crippen molar-refractivity contribution < 1.29 is 0 Å². The van der Waals surface area contributed by atoms with Crippen molar-refractivity contribution in [1.29, 1.82) is 0 Å². The summed E-state index contributed by atoms with van der Waals surface area (Å²) in [6, 6.07) is 1.30. The number of nitrogens with one attached hydrogen (secondary N) is 1. The van der Waals surface area contributed by atoms with E-state index in [-0.39, 0.29) is 0 Å². The van der Waals surface area contributed by atoms with Crippen LogP contribution in [-0.2, 0) is 0 Å². The molecule has 26 heavy (non-hydrogen) atoms. The molecule has 1 saturated carbocycles. The van der Waals surface area contributed by atoms with Gasteiger partial charge in [-0.05, 0) is 31.1 Å². The van der Waals surface area contributed by atoms with Crippen molar-refractivity contribution in [2.75, 3.05) is 0 Å². The SMILES string of the molecule is CCCCCCC(C[CH+]CC(CCCC)NC(C)C)C1CC2SC(C)C21. The molecule has 1 N–H and O–H groups in total. The molecule has 2 aliphatic rings. The van der Waals surface area contributed by atoms with E-state index in [2.05, 4.69) is 58.1 Å². The zero-order chi connectivity index (χ0) is 18.9. The second-order valence-electron chi connectivity index (χ2n) is 9.39. The molecule has 0 amide bonds. The van der Waals surface area contributed by atoms with Crippen LogP contribution < -0.4 is 5.32 Å². The van der Waals surface area contributed by atoms with Crippen LogP contribution in [0.2, 0.25) is 0 Å². The van der Waals surface area contributed by atoms with Gasteiger partial charge in [-0.2, -0.15) is 11.8 Å². The Labute approximate surface area is 169 Å². The van der Waals surface area contributed by atoms with E-state index < -0.39 is 0 Å². The van der Waals surface area contributed by atoms with E-state index in [9.17, 15) is 0 Å². The average Bonchev–Trinajstić information content (AvgIpc) is 2.58. The summed E-state index contributed by atoms with van der Waals surface area (Å²) in [6.07, 6.45) is 18.0. The predicted molar refractivity (Wildman–Crippen MR) is 120 cm³/mol. The van der Waals surface area contributed by atoms with Crippen LogP contribution in [0.1, 0.15) is 105 Å². The summed E-state index contributed by atoms with van der Waals surface area (Å²) < 4.78 is 0. The minimum atomic E-state index is 0.607. The maximum Gasteiger partial charge on any atom is 0.103 e. The summed E-state index contributed by atoms with van der Waals surface area (Å²) in [5.41, 5.74) is 0. The van der Waals surface area contributed by atoms with Crippen LogP contribution in [0.3, 0.4) is 0 Å². The molecule has 0 spiro atoms. The van der Waals surface area contributed by atoms with Crippen LogP contribution in [-0.4, -0.2) is 22.6 Å². The quantitative estimate of drug-likeness (QED) is 0.237. The molecule has 6 atom stereocenters. The summed E-state index contributed by atoms with van der Waals surface area (Å²) in [6.45, 7) is 11.7. The van der Waals surface area contributed by atoms with Crippen molar-refractivity contribution in [3.05, 3.63) is 6.42 Å². The van der Waals surface area contributed by atoms with Crippen LogP contribution in [0.4, 0.5) is 0 Å². The minimum Gasteiger partial charge on any atom is -0.308 e.